The topological polar surface area (TPSA) is 0 Å². The van der Waals surface area contributed by atoms with Crippen LogP contribution in [0, 0.1) is 11.6 Å². The molecule has 0 N–H and O–H groups in total. The lowest BCUT2D eigenvalue weighted by Gasteiger charge is -2.10. The highest BCUT2D eigenvalue weighted by atomic mass is 19.1. The van der Waals surface area contributed by atoms with E-state index in [1.54, 1.807) is 0 Å². The Hall–Kier alpha value is -1.70. The summed E-state index contributed by atoms with van der Waals surface area (Å²) in [5.41, 5.74) is 3.52. The molecule has 0 saturated carbocycles. The molecule has 0 unspecified atom stereocenters. The molecule has 0 bridgehead atoms. The molecule has 0 atom stereocenters. The van der Waals surface area contributed by atoms with Crippen molar-refractivity contribution in [3.63, 3.8) is 0 Å². The third-order valence-corrected chi connectivity index (χ3v) is 3.21. The second-order valence-electron chi connectivity index (χ2n) is 4.31. The van der Waals surface area contributed by atoms with Gasteiger partial charge in [0.05, 0.1) is 0 Å². The van der Waals surface area contributed by atoms with E-state index < -0.39 is 5.82 Å². The van der Waals surface area contributed by atoms with Crippen LogP contribution < -0.4 is 0 Å². The van der Waals surface area contributed by atoms with Crippen molar-refractivity contribution in [2.45, 2.75) is 26.7 Å². The fourth-order valence-electron chi connectivity index (χ4n) is 2.19. The van der Waals surface area contributed by atoms with E-state index >= 15 is 0 Å². The minimum Gasteiger partial charge on any atom is -0.207 e. The van der Waals surface area contributed by atoms with Crippen molar-refractivity contribution in [1.29, 1.82) is 0 Å². The van der Waals surface area contributed by atoms with E-state index in [1.807, 2.05) is 18.2 Å². The number of rotatable bonds is 3. The zero-order valence-electron chi connectivity index (χ0n) is 10.6. The van der Waals surface area contributed by atoms with E-state index in [2.05, 4.69) is 13.8 Å². The van der Waals surface area contributed by atoms with Crippen molar-refractivity contribution in [1.82, 2.24) is 0 Å². The molecule has 2 aromatic rings. The summed E-state index contributed by atoms with van der Waals surface area (Å²) in [4.78, 5) is 0. The minimum atomic E-state index is -0.413. The van der Waals surface area contributed by atoms with Crippen LogP contribution in [0.5, 0.6) is 0 Å². The predicted octanol–water partition coefficient (Wildman–Crippen LogP) is 4.76. The van der Waals surface area contributed by atoms with Gasteiger partial charge in [0.2, 0.25) is 0 Å². The first kappa shape index (κ1) is 12.7. The summed E-state index contributed by atoms with van der Waals surface area (Å²) in [6.07, 6.45) is 1.85. The average Bonchev–Trinajstić information content (AvgIpc) is 2.40. The highest BCUT2D eigenvalue weighted by molar-refractivity contribution is 5.65. The molecule has 0 nitrogen and oxygen atoms in total. The normalized spacial score (nSPS) is 10.7. The van der Waals surface area contributed by atoms with Gasteiger partial charge in [-0.2, -0.15) is 0 Å². The quantitative estimate of drug-likeness (QED) is 0.732. The van der Waals surface area contributed by atoms with Gasteiger partial charge in [0.25, 0.3) is 0 Å². The Kier molecular flexibility index (Phi) is 3.75. The van der Waals surface area contributed by atoms with Crippen LogP contribution in [-0.4, -0.2) is 0 Å². The van der Waals surface area contributed by atoms with Gasteiger partial charge in [-0.1, -0.05) is 32.0 Å². The molecule has 0 aliphatic rings. The van der Waals surface area contributed by atoms with Gasteiger partial charge >= 0.3 is 0 Å². The largest absolute Gasteiger partial charge is 0.207 e. The van der Waals surface area contributed by atoms with Crippen molar-refractivity contribution in [2.75, 3.05) is 0 Å². The number of halogens is 2. The number of hydrogen-bond donors (Lipinski definition) is 0. The fraction of sp³-hybridized carbons (Fsp3) is 0.250. The molecule has 2 heteroatoms. The predicted molar refractivity (Wildman–Crippen MR) is 70.6 cm³/mol. The highest BCUT2D eigenvalue weighted by Gasteiger charge is 2.08. The molecule has 2 aromatic carbocycles. The van der Waals surface area contributed by atoms with Crippen molar-refractivity contribution in [2.24, 2.45) is 0 Å². The molecular formula is C16H16F2. The maximum Gasteiger partial charge on any atom is 0.131 e. The molecule has 0 heterocycles. The summed E-state index contributed by atoms with van der Waals surface area (Å²) in [7, 11) is 0. The SMILES string of the molecule is CCc1ccc(-c2cc(F)ccc2F)cc1CC. The van der Waals surface area contributed by atoms with Gasteiger partial charge in [0.15, 0.2) is 0 Å². The summed E-state index contributed by atoms with van der Waals surface area (Å²) < 4.78 is 26.9. The van der Waals surface area contributed by atoms with Crippen LogP contribution >= 0.6 is 0 Å². The number of benzene rings is 2. The third-order valence-electron chi connectivity index (χ3n) is 3.21. The lowest BCUT2D eigenvalue weighted by Crippen LogP contribution is -1.93. The lowest BCUT2D eigenvalue weighted by atomic mass is 9.96. The van der Waals surface area contributed by atoms with Gasteiger partial charge in [-0.15, -0.1) is 0 Å². The van der Waals surface area contributed by atoms with Crippen LogP contribution in [0.2, 0.25) is 0 Å². The van der Waals surface area contributed by atoms with E-state index in [1.165, 1.54) is 23.3 Å². The summed E-state index contributed by atoms with van der Waals surface area (Å²) in [5, 5.41) is 0. The van der Waals surface area contributed by atoms with Gasteiger partial charge in [-0.25, -0.2) is 8.78 Å². The number of aryl methyl sites for hydroxylation is 2. The zero-order valence-corrected chi connectivity index (χ0v) is 10.6. The Morgan fingerprint density at radius 2 is 1.56 bits per heavy atom. The summed E-state index contributed by atoms with van der Waals surface area (Å²) >= 11 is 0. The fourth-order valence-corrected chi connectivity index (χ4v) is 2.19. The van der Waals surface area contributed by atoms with E-state index in [0.29, 0.717) is 5.56 Å². The van der Waals surface area contributed by atoms with Gasteiger partial charge in [-0.05, 0) is 47.7 Å². The van der Waals surface area contributed by atoms with Crippen LogP contribution in [0.4, 0.5) is 8.78 Å². The summed E-state index contributed by atoms with van der Waals surface area (Å²) in [6, 6.07) is 9.37. The zero-order chi connectivity index (χ0) is 13.1. The van der Waals surface area contributed by atoms with Crippen molar-refractivity contribution in [3.8, 4) is 11.1 Å². The molecule has 0 saturated heterocycles. The van der Waals surface area contributed by atoms with Crippen LogP contribution in [-0.2, 0) is 12.8 Å². The second-order valence-corrected chi connectivity index (χ2v) is 4.31. The summed E-state index contributed by atoms with van der Waals surface area (Å²) in [5.74, 6) is -0.799. The first-order valence-corrected chi connectivity index (χ1v) is 6.23. The number of hydrogen-bond acceptors (Lipinski definition) is 0. The van der Waals surface area contributed by atoms with E-state index in [9.17, 15) is 8.78 Å². The molecule has 0 fully saturated rings. The minimum absolute atomic E-state index is 0.326. The van der Waals surface area contributed by atoms with Crippen LogP contribution in [0.15, 0.2) is 36.4 Å². The van der Waals surface area contributed by atoms with E-state index in [-0.39, 0.29) is 5.82 Å². The van der Waals surface area contributed by atoms with Crippen molar-refractivity contribution < 1.29 is 8.78 Å². The average molecular weight is 246 g/mol. The van der Waals surface area contributed by atoms with Crippen LogP contribution in [0.1, 0.15) is 25.0 Å². The van der Waals surface area contributed by atoms with Crippen molar-refractivity contribution in [3.05, 3.63) is 59.2 Å². The Labute approximate surface area is 106 Å². The summed E-state index contributed by atoms with van der Waals surface area (Å²) in [6.45, 7) is 4.16. The Morgan fingerprint density at radius 1 is 0.833 bits per heavy atom. The monoisotopic (exact) mass is 246 g/mol. The smallest absolute Gasteiger partial charge is 0.131 e. The maximum absolute atomic E-state index is 13.7. The van der Waals surface area contributed by atoms with Gasteiger partial charge in [0.1, 0.15) is 11.6 Å². The van der Waals surface area contributed by atoms with Gasteiger partial charge in [-0.3, -0.25) is 0 Å². The molecule has 0 aliphatic heterocycles. The van der Waals surface area contributed by atoms with Gasteiger partial charge < -0.3 is 0 Å². The van der Waals surface area contributed by atoms with E-state index in [4.69, 9.17) is 0 Å². The molecule has 0 aliphatic carbocycles. The van der Waals surface area contributed by atoms with Crippen LogP contribution in [0.3, 0.4) is 0 Å². The molecule has 18 heavy (non-hydrogen) atoms. The molecular weight excluding hydrogens is 230 g/mol. The van der Waals surface area contributed by atoms with Crippen LogP contribution in [0.25, 0.3) is 11.1 Å². The molecule has 0 spiro atoms. The molecule has 0 amide bonds. The highest BCUT2D eigenvalue weighted by Crippen LogP contribution is 2.26. The van der Waals surface area contributed by atoms with E-state index in [0.717, 1.165) is 24.5 Å². The molecule has 0 aromatic heterocycles. The lowest BCUT2D eigenvalue weighted by molar-refractivity contribution is 0.603. The molecule has 2 rings (SSSR count). The molecule has 94 valence electrons. The Bertz CT molecular complexity index is 559. The van der Waals surface area contributed by atoms with Gasteiger partial charge in [0, 0.05) is 5.56 Å². The Balaban J connectivity index is 2.54. The maximum atomic E-state index is 13.7. The first-order chi connectivity index (χ1) is 8.65. The second kappa shape index (κ2) is 5.30. The third kappa shape index (κ3) is 2.42. The Morgan fingerprint density at radius 3 is 2.22 bits per heavy atom. The standard InChI is InChI=1S/C16H16F2/c1-3-11-5-6-13(9-12(11)4-2)15-10-14(17)7-8-16(15)18/h5-10H,3-4H2,1-2H3. The first-order valence-electron chi connectivity index (χ1n) is 6.23. The molecule has 0 radical (unpaired) electrons. The van der Waals surface area contributed by atoms with Crippen molar-refractivity contribution >= 4 is 0 Å².